The average Bonchev–Trinajstić information content (AvgIpc) is 2.19. The number of hydrogen-bond acceptors (Lipinski definition) is 0. The van der Waals surface area contributed by atoms with Gasteiger partial charge in [0.05, 0.1) is 0 Å². The van der Waals surface area contributed by atoms with Gasteiger partial charge in [-0.05, 0) is 42.9 Å². The van der Waals surface area contributed by atoms with E-state index < -0.39 is 0 Å². The molecule has 0 aliphatic heterocycles. The first-order valence-corrected chi connectivity index (χ1v) is 5.75. The van der Waals surface area contributed by atoms with E-state index in [4.69, 9.17) is 0 Å². The molecule has 2 unspecified atom stereocenters. The van der Waals surface area contributed by atoms with Crippen molar-refractivity contribution < 1.29 is 0 Å². The fourth-order valence-electron chi connectivity index (χ4n) is 3.31. The van der Waals surface area contributed by atoms with Gasteiger partial charge < -0.3 is 0 Å². The predicted octanol–water partition coefficient (Wildman–Crippen LogP) is 3.86. The van der Waals surface area contributed by atoms with E-state index in [1.807, 2.05) is 0 Å². The summed E-state index contributed by atoms with van der Waals surface area (Å²) in [5.41, 5.74) is 0. The molecule has 2 saturated carbocycles. The molecule has 4 atom stereocenters. The molecule has 0 N–H and O–H groups in total. The minimum Gasteiger partial charge on any atom is -0.0625 e. The zero-order chi connectivity index (χ0) is 8.55. The van der Waals surface area contributed by atoms with Crippen LogP contribution in [0.4, 0.5) is 0 Å². The van der Waals surface area contributed by atoms with E-state index in [-0.39, 0.29) is 0 Å². The first-order chi connectivity index (χ1) is 5.75. The molecule has 0 saturated heterocycles. The van der Waals surface area contributed by atoms with Crippen molar-refractivity contribution in [1.82, 2.24) is 0 Å². The highest BCUT2D eigenvalue weighted by Crippen LogP contribution is 2.42. The van der Waals surface area contributed by atoms with Crippen LogP contribution < -0.4 is 0 Å². The first-order valence-electron chi connectivity index (χ1n) is 5.75. The second-order valence-electron chi connectivity index (χ2n) is 5.33. The van der Waals surface area contributed by atoms with Gasteiger partial charge >= 0.3 is 0 Å². The van der Waals surface area contributed by atoms with Gasteiger partial charge in [-0.25, -0.2) is 0 Å². The lowest BCUT2D eigenvalue weighted by Gasteiger charge is -2.32. The highest BCUT2D eigenvalue weighted by atomic mass is 14.4. The molecule has 0 aromatic rings. The van der Waals surface area contributed by atoms with Crippen LogP contribution in [-0.2, 0) is 0 Å². The fourth-order valence-corrected chi connectivity index (χ4v) is 3.31. The van der Waals surface area contributed by atoms with Gasteiger partial charge in [-0.15, -0.1) is 0 Å². The van der Waals surface area contributed by atoms with Crippen molar-refractivity contribution in [2.75, 3.05) is 0 Å². The fraction of sp³-hybridized carbons (Fsp3) is 1.00. The van der Waals surface area contributed by atoms with Crippen LogP contribution in [-0.4, -0.2) is 0 Å². The zero-order valence-electron chi connectivity index (χ0n) is 8.55. The summed E-state index contributed by atoms with van der Waals surface area (Å²) in [7, 11) is 0. The summed E-state index contributed by atoms with van der Waals surface area (Å²) < 4.78 is 0. The van der Waals surface area contributed by atoms with Crippen LogP contribution >= 0.6 is 0 Å². The van der Waals surface area contributed by atoms with Crippen LogP contribution in [0.3, 0.4) is 0 Å². The van der Waals surface area contributed by atoms with Crippen LogP contribution in [0.25, 0.3) is 0 Å². The molecule has 2 aliphatic rings. The lowest BCUT2D eigenvalue weighted by atomic mass is 9.74. The molecular formula is C12H22. The molecule has 0 aromatic heterocycles. The SMILES string of the molecule is CC1CCC2C[C@@H](C)CC[C@@H]1C2. The van der Waals surface area contributed by atoms with Crippen molar-refractivity contribution in [3.63, 3.8) is 0 Å². The standard InChI is InChI=1S/C12H22/c1-9-3-6-12-8-11(7-9)5-4-10(12)2/h9-12H,3-8H2,1-2H3/t9-,10?,11?,12+/m0/s1. The minimum atomic E-state index is 1.02. The third kappa shape index (κ3) is 1.67. The van der Waals surface area contributed by atoms with Crippen molar-refractivity contribution >= 4 is 0 Å². The van der Waals surface area contributed by atoms with Gasteiger partial charge in [0.15, 0.2) is 0 Å². The second-order valence-corrected chi connectivity index (χ2v) is 5.33. The van der Waals surface area contributed by atoms with E-state index in [9.17, 15) is 0 Å². The van der Waals surface area contributed by atoms with E-state index in [1.165, 1.54) is 32.1 Å². The Morgan fingerprint density at radius 3 is 2.50 bits per heavy atom. The molecule has 0 nitrogen and oxygen atoms in total. The summed E-state index contributed by atoms with van der Waals surface area (Å²) in [6, 6.07) is 0. The van der Waals surface area contributed by atoms with E-state index in [2.05, 4.69) is 13.8 Å². The van der Waals surface area contributed by atoms with Gasteiger partial charge in [0.25, 0.3) is 0 Å². The van der Waals surface area contributed by atoms with Gasteiger partial charge in [0, 0.05) is 0 Å². The van der Waals surface area contributed by atoms with E-state index >= 15 is 0 Å². The van der Waals surface area contributed by atoms with Crippen LogP contribution in [0.5, 0.6) is 0 Å². The molecule has 0 heterocycles. The quantitative estimate of drug-likeness (QED) is 0.512. The number of hydrogen-bond donors (Lipinski definition) is 0. The molecule has 0 aromatic carbocycles. The highest BCUT2D eigenvalue weighted by molar-refractivity contribution is 4.82. The molecule has 70 valence electrons. The third-order valence-electron chi connectivity index (χ3n) is 4.24. The lowest BCUT2D eigenvalue weighted by molar-refractivity contribution is 0.195. The topological polar surface area (TPSA) is 0 Å². The predicted molar refractivity (Wildman–Crippen MR) is 53.0 cm³/mol. The van der Waals surface area contributed by atoms with Crippen LogP contribution in [0.2, 0.25) is 0 Å². The smallest absolute Gasteiger partial charge is 0.0386 e. The van der Waals surface area contributed by atoms with Gasteiger partial charge in [0.2, 0.25) is 0 Å². The summed E-state index contributed by atoms with van der Waals surface area (Å²) in [4.78, 5) is 0. The van der Waals surface area contributed by atoms with Gasteiger partial charge in [-0.1, -0.05) is 33.1 Å². The zero-order valence-corrected chi connectivity index (χ0v) is 8.55. The maximum absolute atomic E-state index is 2.47. The Hall–Kier alpha value is 0. The summed E-state index contributed by atoms with van der Waals surface area (Å²) in [6.45, 7) is 4.92. The first kappa shape index (κ1) is 8.59. The molecule has 2 rings (SSSR count). The van der Waals surface area contributed by atoms with Crippen molar-refractivity contribution in [2.24, 2.45) is 23.7 Å². The van der Waals surface area contributed by atoms with Crippen LogP contribution in [0, 0.1) is 23.7 Å². The van der Waals surface area contributed by atoms with E-state index in [0.29, 0.717) is 0 Å². The van der Waals surface area contributed by atoms with Crippen molar-refractivity contribution in [3.8, 4) is 0 Å². The Kier molecular flexibility index (Phi) is 2.43. The molecule has 2 fully saturated rings. The maximum Gasteiger partial charge on any atom is -0.0386 e. The normalized spacial score (nSPS) is 48.5. The second kappa shape index (κ2) is 3.40. The van der Waals surface area contributed by atoms with Gasteiger partial charge in [0.1, 0.15) is 0 Å². The summed E-state index contributed by atoms with van der Waals surface area (Å²) in [5, 5.41) is 0. The Morgan fingerprint density at radius 2 is 1.67 bits per heavy atom. The summed E-state index contributed by atoms with van der Waals surface area (Å²) >= 11 is 0. The number of fused-ring (bicyclic) bond motifs is 2. The lowest BCUT2D eigenvalue weighted by Crippen LogP contribution is -2.21. The van der Waals surface area contributed by atoms with E-state index in [0.717, 1.165) is 23.7 Å². The molecule has 2 bridgehead atoms. The minimum absolute atomic E-state index is 1.02. The molecular weight excluding hydrogens is 144 g/mol. The van der Waals surface area contributed by atoms with Crippen molar-refractivity contribution in [1.29, 1.82) is 0 Å². The average molecular weight is 166 g/mol. The highest BCUT2D eigenvalue weighted by Gasteiger charge is 2.31. The molecule has 0 spiro atoms. The van der Waals surface area contributed by atoms with Crippen molar-refractivity contribution in [3.05, 3.63) is 0 Å². The Labute approximate surface area is 76.7 Å². The van der Waals surface area contributed by atoms with Crippen LogP contribution in [0.15, 0.2) is 0 Å². The Balaban J connectivity index is 2.02. The molecule has 0 radical (unpaired) electrons. The third-order valence-corrected chi connectivity index (χ3v) is 4.24. The monoisotopic (exact) mass is 166 g/mol. The number of rotatable bonds is 0. The summed E-state index contributed by atoms with van der Waals surface area (Å²) in [6.07, 6.45) is 9.17. The van der Waals surface area contributed by atoms with Gasteiger partial charge in [-0.2, -0.15) is 0 Å². The summed E-state index contributed by atoms with van der Waals surface area (Å²) in [5.74, 6) is 4.24. The molecule has 0 heteroatoms. The van der Waals surface area contributed by atoms with E-state index in [1.54, 1.807) is 6.42 Å². The Morgan fingerprint density at radius 1 is 0.833 bits per heavy atom. The maximum atomic E-state index is 2.47. The molecule has 12 heavy (non-hydrogen) atoms. The van der Waals surface area contributed by atoms with Crippen LogP contribution in [0.1, 0.15) is 52.4 Å². The Bertz CT molecular complexity index is 150. The van der Waals surface area contributed by atoms with Crippen molar-refractivity contribution in [2.45, 2.75) is 52.4 Å². The molecule has 0 amide bonds. The largest absolute Gasteiger partial charge is 0.0625 e. The molecule has 2 aliphatic carbocycles. The van der Waals surface area contributed by atoms with Gasteiger partial charge in [-0.3, -0.25) is 0 Å².